The molecule has 4 amide bonds. The Morgan fingerprint density at radius 3 is 2.06 bits per heavy atom. The Balaban J connectivity index is 1.77. The van der Waals surface area contributed by atoms with E-state index < -0.39 is 42.2 Å². The maximum absolute atomic E-state index is 14.6. The lowest BCUT2D eigenvalue weighted by molar-refractivity contribution is -0.148. The molecule has 0 bridgehead atoms. The highest BCUT2D eigenvalue weighted by atomic mass is 16.5. The van der Waals surface area contributed by atoms with Crippen LogP contribution in [0.3, 0.4) is 0 Å². The Kier molecular flexibility index (Phi) is 23.4. The number of amides is 4. The summed E-state index contributed by atoms with van der Waals surface area (Å²) in [5.74, 6) is -2.49. The van der Waals surface area contributed by atoms with E-state index >= 15 is 0 Å². The van der Waals surface area contributed by atoms with Crippen LogP contribution in [-0.4, -0.2) is 133 Å². The van der Waals surface area contributed by atoms with Gasteiger partial charge in [-0.05, 0) is 74.6 Å². The van der Waals surface area contributed by atoms with Crippen molar-refractivity contribution >= 4 is 35.7 Å². The molecule has 0 unspecified atom stereocenters. The monoisotopic (exact) mass is 904 g/mol. The molecule has 1 aliphatic rings. The molecular weight excluding hydrogens is 823 g/mol. The van der Waals surface area contributed by atoms with Gasteiger partial charge in [0.1, 0.15) is 6.04 Å². The van der Waals surface area contributed by atoms with Crippen LogP contribution in [0, 0.1) is 23.7 Å². The van der Waals surface area contributed by atoms with Crippen molar-refractivity contribution in [1.82, 2.24) is 25.3 Å². The summed E-state index contributed by atoms with van der Waals surface area (Å²) in [7, 11) is 6.80. The molecule has 1 aliphatic heterocycles. The molecule has 65 heavy (non-hydrogen) atoms. The number of carboxylic acids is 1. The maximum Gasteiger partial charge on any atom is 0.303 e. The fourth-order valence-electron chi connectivity index (χ4n) is 9.38. The minimum absolute atomic E-state index is 0.0193. The topological polar surface area (TPSA) is 158 Å². The fraction of sp³-hybridized carbons (Fsp3) is 0.635. The Hall–Kier alpha value is -4.59. The molecule has 362 valence electrons. The molecule has 1 heterocycles. The van der Waals surface area contributed by atoms with Gasteiger partial charge in [-0.2, -0.15) is 0 Å². The zero-order valence-corrected chi connectivity index (χ0v) is 41.2. The maximum atomic E-state index is 14.6. The van der Waals surface area contributed by atoms with E-state index in [-0.39, 0.29) is 66.3 Å². The van der Waals surface area contributed by atoms with Crippen LogP contribution in [0.4, 0.5) is 0 Å². The summed E-state index contributed by atoms with van der Waals surface area (Å²) < 4.78 is 12.2. The number of rotatable bonds is 28. The molecule has 0 radical (unpaired) electrons. The molecule has 2 aromatic carbocycles. The highest BCUT2D eigenvalue weighted by Gasteiger charge is 2.43. The second-order valence-corrected chi connectivity index (χ2v) is 18.8. The summed E-state index contributed by atoms with van der Waals surface area (Å²) in [4.78, 5) is 73.5. The van der Waals surface area contributed by atoms with E-state index in [0.717, 1.165) is 36.8 Å². The number of hydrogen-bond donors (Lipinski definition) is 3. The lowest BCUT2D eigenvalue weighted by atomic mass is 9.89. The standard InChI is InChI=1S/C52H81N5O8/c1-12-37(6)48(56(9)52(63)46(35(2)3)54-51(62)47(36(4)5)55(8)31-21-15-20-28-45(59)60)43(64-10)34-44(58)57-32-22-27-42(57)49(65-11)38(7)50(61)53-41(33-40-25-18-14-19-26-40)30-29-39-23-16-13-17-24-39/h13-14,16-19,23-26,29-30,35-38,41-43,46-49H,12,15,20-22,27-28,31-34H2,1-11H3,(H,53,61)(H,54,62)(H,59,60)/b30-29+/t37-,38+,41+,42-,43+,46-,47-,48-,49+/m0/s1. The summed E-state index contributed by atoms with van der Waals surface area (Å²) in [6, 6.07) is 17.6. The van der Waals surface area contributed by atoms with Gasteiger partial charge in [0, 0.05) is 34.2 Å². The first kappa shape index (κ1) is 54.7. The number of likely N-dealkylation sites (tertiary alicyclic amines) is 1. The largest absolute Gasteiger partial charge is 0.481 e. The number of carbonyl (C=O) groups excluding carboxylic acids is 4. The zero-order valence-electron chi connectivity index (χ0n) is 41.2. The first-order valence-electron chi connectivity index (χ1n) is 23.9. The van der Waals surface area contributed by atoms with Crippen LogP contribution in [-0.2, 0) is 39.9 Å². The van der Waals surface area contributed by atoms with E-state index in [0.29, 0.717) is 32.4 Å². The van der Waals surface area contributed by atoms with Crippen molar-refractivity contribution in [2.24, 2.45) is 23.7 Å². The number of carboxylic acid groups (broad SMARTS) is 1. The SMILES string of the molecule is CC[C@H](C)[C@@H]([C@@H](CC(=O)N1CCC[C@H]1[C@H](OC)[C@@H](C)C(=O)N[C@H](/C=C/c1ccccc1)Cc1ccccc1)OC)N(C)C(=O)[C@@H](NC(=O)[C@H](C(C)C)N(C)CCCCCC(=O)O)C(C)C. The Morgan fingerprint density at radius 2 is 1.49 bits per heavy atom. The first-order chi connectivity index (χ1) is 30.9. The highest BCUT2D eigenvalue weighted by Crippen LogP contribution is 2.30. The lowest BCUT2D eigenvalue weighted by Crippen LogP contribution is -2.60. The van der Waals surface area contributed by atoms with Gasteiger partial charge in [0.15, 0.2) is 0 Å². The molecule has 0 saturated carbocycles. The summed E-state index contributed by atoms with van der Waals surface area (Å²) >= 11 is 0. The quantitative estimate of drug-likeness (QED) is 0.0759. The van der Waals surface area contributed by atoms with Crippen LogP contribution in [0.15, 0.2) is 66.7 Å². The minimum Gasteiger partial charge on any atom is -0.481 e. The summed E-state index contributed by atoms with van der Waals surface area (Å²) in [5.41, 5.74) is 2.13. The van der Waals surface area contributed by atoms with Gasteiger partial charge in [0.05, 0.1) is 48.7 Å². The number of carbonyl (C=O) groups is 5. The van der Waals surface area contributed by atoms with E-state index in [1.54, 1.807) is 26.2 Å². The lowest BCUT2D eigenvalue weighted by Gasteiger charge is -2.41. The third-order valence-corrected chi connectivity index (χ3v) is 13.2. The summed E-state index contributed by atoms with van der Waals surface area (Å²) in [6.07, 6.45) is 7.83. The van der Waals surface area contributed by atoms with Crippen LogP contribution in [0.5, 0.6) is 0 Å². The predicted octanol–water partition coefficient (Wildman–Crippen LogP) is 7.09. The van der Waals surface area contributed by atoms with Gasteiger partial charge in [-0.3, -0.25) is 28.9 Å². The Morgan fingerprint density at radius 1 is 0.846 bits per heavy atom. The van der Waals surface area contributed by atoms with E-state index in [1.165, 1.54) is 0 Å². The van der Waals surface area contributed by atoms with Crippen molar-refractivity contribution < 1.29 is 38.6 Å². The zero-order chi connectivity index (χ0) is 48.2. The third-order valence-electron chi connectivity index (χ3n) is 13.2. The molecule has 3 rings (SSSR count). The van der Waals surface area contributed by atoms with Gasteiger partial charge in [0.25, 0.3) is 0 Å². The normalized spacial score (nSPS) is 17.9. The number of aliphatic carboxylic acids is 1. The average Bonchev–Trinajstić information content (AvgIpc) is 3.77. The Bertz CT molecular complexity index is 1790. The smallest absolute Gasteiger partial charge is 0.303 e. The van der Waals surface area contributed by atoms with Crippen LogP contribution < -0.4 is 10.6 Å². The third kappa shape index (κ3) is 16.7. The molecule has 1 saturated heterocycles. The van der Waals surface area contributed by atoms with Gasteiger partial charge in [-0.25, -0.2) is 0 Å². The van der Waals surface area contributed by atoms with Gasteiger partial charge < -0.3 is 35.0 Å². The van der Waals surface area contributed by atoms with Gasteiger partial charge in [-0.15, -0.1) is 0 Å². The van der Waals surface area contributed by atoms with Crippen molar-refractivity contribution in [3.8, 4) is 0 Å². The number of likely N-dealkylation sites (N-methyl/N-ethyl adjacent to an activating group) is 2. The van der Waals surface area contributed by atoms with Crippen LogP contribution in [0.1, 0.15) is 111 Å². The number of benzene rings is 2. The molecule has 0 aromatic heterocycles. The van der Waals surface area contributed by atoms with E-state index in [1.807, 2.05) is 138 Å². The molecule has 1 fully saturated rings. The van der Waals surface area contributed by atoms with Crippen LogP contribution in [0.2, 0.25) is 0 Å². The van der Waals surface area contributed by atoms with Crippen molar-refractivity contribution in [2.45, 2.75) is 149 Å². The average molecular weight is 904 g/mol. The second kappa shape index (κ2) is 27.8. The van der Waals surface area contributed by atoms with Crippen LogP contribution in [0.25, 0.3) is 6.08 Å². The molecule has 0 spiro atoms. The van der Waals surface area contributed by atoms with Gasteiger partial charge in [0.2, 0.25) is 23.6 Å². The number of unbranched alkanes of at least 4 members (excludes halogenated alkanes) is 2. The highest BCUT2D eigenvalue weighted by molar-refractivity contribution is 5.90. The molecular formula is C52H81N5O8. The predicted molar refractivity (Wildman–Crippen MR) is 258 cm³/mol. The van der Waals surface area contributed by atoms with E-state index in [4.69, 9.17) is 14.6 Å². The molecule has 13 nitrogen and oxygen atoms in total. The van der Waals surface area contributed by atoms with E-state index in [2.05, 4.69) is 10.6 Å². The number of nitrogens with zero attached hydrogens (tertiary/aromatic N) is 3. The minimum atomic E-state index is -0.823. The molecule has 13 heteroatoms. The van der Waals surface area contributed by atoms with Gasteiger partial charge in [-0.1, -0.05) is 134 Å². The number of methoxy groups -OCH3 is 2. The molecule has 0 aliphatic carbocycles. The summed E-state index contributed by atoms with van der Waals surface area (Å²) in [5, 5.41) is 15.4. The molecule has 2 aromatic rings. The molecule has 3 N–H and O–H groups in total. The van der Waals surface area contributed by atoms with Gasteiger partial charge >= 0.3 is 5.97 Å². The van der Waals surface area contributed by atoms with Crippen molar-refractivity contribution in [3.05, 3.63) is 77.9 Å². The molecule has 9 atom stereocenters. The van der Waals surface area contributed by atoms with Crippen molar-refractivity contribution in [2.75, 3.05) is 41.4 Å². The fourth-order valence-corrected chi connectivity index (χ4v) is 9.38. The number of hydrogen-bond acceptors (Lipinski definition) is 8. The summed E-state index contributed by atoms with van der Waals surface area (Å²) in [6.45, 7) is 14.9. The number of ether oxygens (including phenoxy) is 2. The number of nitrogens with one attached hydrogen (secondary N) is 2. The second-order valence-electron chi connectivity index (χ2n) is 18.8. The van der Waals surface area contributed by atoms with Crippen molar-refractivity contribution in [3.63, 3.8) is 0 Å². The first-order valence-corrected chi connectivity index (χ1v) is 23.9. The van der Waals surface area contributed by atoms with Crippen molar-refractivity contribution in [1.29, 1.82) is 0 Å². The Labute approximate surface area is 390 Å². The van der Waals surface area contributed by atoms with Crippen LogP contribution >= 0.6 is 0 Å². The van der Waals surface area contributed by atoms with E-state index in [9.17, 15) is 24.0 Å².